The lowest BCUT2D eigenvalue weighted by atomic mass is 9.73. The first-order valence-electron chi connectivity index (χ1n) is 22.8. The van der Waals surface area contributed by atoms with E-state index in [2.05, 4.69) is 50.7 Å². The van der Waals surface area contributed by atoms with E-state index in [-0.39, 0.29) is 38.8 Å². The third-order valence-corrected chi connectivity index (χ3v) is 17.6. The molecular weight excluding hydrogens is 947 g/mol. The Hall–Kier alpha value is -3.70. The van der Waals surface area contributed by atoms with Crippen molar-refractivity contribution in [1.82, 2.24) is 19.4 Å². The third kappa shape index (κ3) is 14.7. The van der Waals surface area contributed by atoms with Crippen LogP contribution in [0.15, 0.2) is 117 Å². The van der Waals surface area contributed by atoms with Crippen LogP contribution in [0.5, 0.6) is 0 Å². The number of sulfonamides is 1. The van der Waals surface area contributed by atoms with Gasteiger partial charge in [-0.25, -0.2) is 21.6 Å². The van der Waals surface area contributed by atoms with Crippen molar-refractivity contribution in [3.05, 3.63) is 119 Å². The molecule has 1 amide bonds. The molecule has 2 fully saturated rings. The van der Waals surface area contributed by atoms with Gasteiger partial charge < -0.3 is 20.0 Å². The van der Waals surface area contributed by atoms with Crippen molar-refractivity contribution in [1.29, 1.82) is 0 Å². The average molecular weight is 1010 g/mol. The van der Waals surface area contributed by atoms with E-state index < -0.39 is 33.1 Å². The maximum absolute atomic E-state index is 13.7. The van der Waals surface area contributed by atoms with Gasteiger partial charge in [-0.1, -0.05) is 61.4 Å². The number of piperazine rings is 2. The molecule has 2 heterocycles. The molecule has 0 aromatic heterocycles. The van der Waals surface area contributed by atoms with Gasteiger partial charge in [0.2, 0.25) is 7.37 Å². The largest absolute Gasteiger partial charge is 0.380 e. The van der Waals surface area contributed by atoms with Gasteiger partial charge in [0.15, 0.2) is 9.84 Å². The normalized spacial score (nSPS) is 19.2. The Bertz CT molecular complexity index is 2650. The van der Waals surface area contributed by atoms with E-state index in [1.807, 2.05) is 59.5 Å². The quantitative estimate of drug-likeness (QED) is 0.0650. The highest BCUT2D eigenvalue weighted by atomic mass is 35.5. The lowest BCUT2D eigenvalue weighted by Crippen LogP contribution is -2.47. The Morgan fingerprint density at radius 2 is 1.49 bits per heavy atom. The van der Waals surface area contributed by atoms with Crippen LogP contribution < -0.4 is 14.9 Å². The molecule has 7 rings (SSSR count). The van der Waals surface area contributed by atoms with Crippen molar-refractivity contribution in [3.8, 4) is 0 Å². The molecule has 2 aliphatic heterocycles. The Morgan fingerprint density at radius 3 is 2.13 bits per heavy atom. The lowest BCUT2D eigenvalue weighted by molar-refractivity contribution is 0.0981. The topological polar surface area (TPSA) is 160 Å². The maximum Gasteiger partial charge on any atom is 0.264 e. The highest BCUT2D eigenvalue weighted by Gasteiger charge is 2.30. The summed E-state index contributed by atoms with van der Waals surface area (Å²) in [6, 6.07) is 28.6. The fraction of sp³-hybridized carbons (Fsp3) is 0.449. The molecular formula is C49H64ClN6O7PS3. The Morgan fingerprint density at radius 1 is 0.851 bits per heavy atom. The minimum absolute atomic E-state index is 0.160. The van der Waals surface area contributed by atoms with E-state index in [1.54, 1.807) is 23.9 Å². The van der Waals surface area contributed by atoms with Crippen LogP contribution in [0.3, 0.4) is 0 Å². The minimum atomic E-state index is -4.47. The summed E-state index contributed by atoms with van der Waals surface area (Å²) in [4.78, 5) is 32.9. The van der Waals surface area contributed by atoms with E-state index in [0.29, 0.717) is 31.8 Å². The van der Waals surface area contributed by atoms with Gasteiger partial charge in [0, 0.05) is 111 Å². The number of amides is 1. The lowest BCUT2D eigenvalue weighted by Gasteiger charge is -2.39. The van der Waals surface area contributed by atoms with Crippen molar-refractivity contribution in [3.63, 3.8) is 0 Å². The van der Waals surface area contributed by atoms with Crippen LogP contribution in [0, 0.1) is 5.41 Å². The van der Waals surface area contributed by atoms with Crippen LogP contribution in [0.1, 0.15) is 55.5 Å². The van der Waals surface area contributed by atoms with Crippen LogP contribution in [-0.2, 0) is 24.4 Å². The summed E-state index contributed by atoms with van der Waals surface area (Å²) in [5, 5.41) is 4.15. The molecule has 0 bridgehead atoms. The molecule has 1 unspecified atom stereocenters. The number of nitrogens with zero attached hydrogens (tertiary/aromatic N) is 4. The smallest absolute Gasteiger partial charge is 0.264 e. The summed E-state index contributed by atoms with van der Waals surface area (Å²) >= 11 is 7.84. The maximum atomic E-state index is 13.7. The number of carbonyl (C=O) groups is 1. The number of benzene rings is 4. The van der Waals surface area contributed by atoms with Crippen LogP contribution >= 0.6 is 30.7 Å². The third-order valence-electron chi connectivity index (χ3n) is 12.8. The Labute approximate surface area is 406 Å². The van der Waals surface area contributed by atoms with E-state index in [4.69, 9.17) is 11.6 Å². The number of hydrogen-bond donors (Lipinski definition) is 3. The summed E-state index contributed by atoms with van der Waals surface area (Å²) in [7, 11) is -11.6. The summed E-state index contributed by atoms with van der Waals surface area (Å²) in [5.74, 6) is -0.218. The fourth-order valence-electron chi connectivity index (χ4n) is 9.15. The highest BCUT2D eigenvalue weighted by molar-refractivity contribution is 7.99. The molecule has 0 saturated carbocycles. The van der Waals surface area contributed by atoms with Gasteiger partial charge in [-0.05, 0) is 109 Å². The van der Waals surface area contributed by atoms with Crippen molar-refractivity contribution < 1.29 is 31.1 Å². The zero-order valence-corrected chi connectivity index (χ0v) is 43.0. The number of sulfone groups is 1. The molecule has 362 valence electrons. The average Bonchev–Trinajstić information content (AvgIpc) is 3.28. The molecule has 67 heavy (non-hydrogen) atoms. The molecule has 4 aromatic carbocycles. The van der Waals surface area contributed by atoms with Crippen molar-refractivity contribution in [2.75, 3.05) is 101 Å². The molecule has 3 N–H and O–H groups in total. The number of rotatable bonds is 18. The predicted octanol–water partition coefficient (Wildman–Crippen LogP) is 8.09. The molecule has 0 radical (unpaired) electrons. The van der Waals surface area contributed by atoms with Gasteiger partial charge in [0.25, 0.3) is 15.9 Å². The summed E-state index contributed by atoms with van der Waals surface area (Å²) in [6.07, 6.45) is 5.11. The van der Waals surface area contributed by atoms with E-state index in [9.17, 15) is 31.1 Å². The zero-order valence-electron chi connectivity index (χ0n) is 38.9. The van der Waals surface area contributed by atoms with Crippen LogP contribution in [0.25, 0.3) is 5.57 Å². The summed E-state index contributed by atoms with van der Waals surface area (Å²) < 4.78 is 68.0. The first-order valence-corrected chi connectivity index (χ1v) is 29.9. The number of hydrogen-bond acceptors (Lipinski definition) is 12. The second-order valence-electron chi connectivity index (χ2n) is 19.0. The van der Waals surface area contributed by atoms with Crippen molar-refractivity contribution >= 4 is 73.4 Å². The van der Waals surface area contributed by atoms with Crippen molar-refractivity contribution in [2.45, 2.75) is 60.3 Å². The molecule has 2 saturated heterocycles. The minimum Gasteiger partial charge on any atom is -0.380 e. The van der Waals surface area contributed by atoms with Gasteiger partial charge in [-0.15, -0.1) is 11.8 Å². The molecule has 4 aromatic rings. The van der Waals surface area contributed by atoms with Crippen molar-refractivity contribution in [2.24, 2.45) is 5.41 Å². The molecule has 13 nitrogen and oxygen atoms in total. The van der Waals surface area contributed by atoms with Crippen LogP contribution in [0.4, 0.5) is 11.4 Å². The van der Waals surface area contributed by atoms with Gasteiger partial charge in [0.1, 0.15) is 0 Å². The first kappa shape index (κ1) is 51.2. The Kier molecular flexibility index (Phi) is 16.8. The van der Waals surface area contributed by atoms with Crippen LogP contribution in [0.2, 0.25) is 5.02 Å². The van der Waals surface area contributed by atoms with Gasteiger partial charge in [0.05, 0.1) is 21.8 Å². The number of nitrogens with one attached hydrogen (secondary N) is 2. The second-order valence-corrected chi connectivity index (χ2v) is 26.6. The molecule has 3 aliphatic rings. The SMILES string of the molecule is CC1(C)CCC(c2ccc(Cl)cc2)=C(CN2CCN(c3ccc(C(=O)NS(=O)(=O)c4ccc(N[C@H](CCN5CCN(CP(C)(=O)O)CC5)CSc5ccccc5)c(S(C)(=O)=O)c4)cc3)CC2)C1. The molecule has 18 heteroatoms. The van der Waals surface area contributed by atoms with E-state index >= 15 is 0 Å². The highest BCUT2D eigenvalue weighted by Crippen LogP contribution is 2.43. The number of halogens is 1. The molecule has 1 aliphatic carbocycles. The number of allylic oxidation sites excluding steroid dienone is 1. The van der Waals surface area contributed by atoms with Crippen LogP contribution in [-0.4, -0.2) is 139 Å². The number of carbonyl (C=O) groups excluding carboxylic acids is 1. The zero-order chi connectivity index (χ0) is 48.0. The summed E-state index contributed by atoms with van der Waals surface area (Å²) in [6.45, 7) is 13.9. The van der Waals surface area contributed by atoms with E-state index in [0.717, 1.165) is 93.0 Å². The summed E-state index contributed by atoms with van der Waals surface area (Å²) in [5.41, 5.74) is 5.80. The standard InChI is InChI=1S/C49H64ClN6O7PS3/c1-49(2)22-20-45(37-10-14-40(50)15-11-37)39(33-49)34-54-28-30-56(31-29-54)42-16-12-38(13-17-42)48(57)52-67(62,63)44-18-19-46(47(32-44)66(4,60)61)51-41(35-65-43-8-6-5-7-9-43)21-23-53-24-26-55(27-25-53)36-64(3,58)59/h5-19,32,41,51H,20-31,33-36H2,1-4H3,(H,52,57)(H,58,59)/t41-/m1/s1. The fourth-order valence-corrected chi connectivity index (χ4v) is 13.2. The predicted molar refractivity (Wildman–Crippen MR) is 273 cm³/mol. The number of thioether (sulfide) groups is 1. The number of anilines is 2. The van der Waals surface area contributed by atoms with Gasteiger partial charge >= 0.3 is 0 Å². The monoisotopic (exact) mass is 1010 g/mol. The van der Waals surface area contributed by atoms with Gasteiger partial charge in [-0.3, -0.25) is 19.2 Å². The molecule has 0 spiro atoms. The van der Waals surface area contributed by atoms with E-state index in [1.165, 1.54) is 35.5 Å². The first-order chi connectivity index (χ1) is 31.7. The van der Waals surface area contributed by atoms with Gasteiger partial charge in [-0.2, -0.15) is 0 Å². The Balaban J connectivity index is 0.973. The molecule has 2 atom stereocenters. The second kappa shape index (κ2) is 21.9.